The first-order valence-corrected chi connectivity index (χ1v) is 7.30. The van der Waals surface area contributed by atoms with E-state index < -0.39 is 0 Å². The maximum absolute atomic E-state index is 13.0. The van der Waals surface area contributed by atoms with Crippen LogP contribution in [0.3, 0.4) is 0 Å². The molecule has 0 fully saturated rings. The molecule has 0 aromatic heterocycles. The van der Waals surface area contributed by atoms with Crippen LogP contribution in [0, 0.1) is 11.7 Å². The van der Waals surface area contributed by atoms with Gasteiger partial charge in [-0.25, -0.2) is 4.39 Å². The molecule has 0 saturated heterocycles. The summed E-state index contributed by atoms with van der Waals surface area (Å²) in [5.41, 5.74) is 2.33. The molecule has 112 valence electrons. The molecule has 2 aromatic rings. The van der Waals surface area contributed by atoms with Crippen molar-refractivity contribution in [2.75, 3.05) is 6.54 Å². The van der Waals surface area contributed by atoms with Gasteiger partial charge in [-0.05, 0) is 35.7 Å². The Bertz CT molecular complexity index is 551. The maximum atomic E-state index is 13.0. The molecule has 2 rings (SSSR count). The number of halogens is 1. The molecule has 1 N–H and O–H groups in total. The summed E-state index contributed by atoms with van der Waals surface area (Å²) >= 11 is 0. The van der Waals surface area contributed by atoms with Crippen molar-refractivity contribution >= 4 is 0 Å². The third kappa shape index (κ3) is 5.56. The SMILES string of the molecule is CC(C)CNCc1ccc(COc2cccc(F)c2)cc1. The van der Waals surface area contributed by atoms with Crippen LogP contribution in [-0.4, -0.2) is 6.54 Å². The second kappa shape index (κ2) is 7.79. The molecule has 0 spiro atoms. The van der Waals surface area contributed by atoms with Gasteiger partial charge in [0.15, 0.2) is 0 Å². The zero-order chi connectivity index (χ0) is 15.1. The van der Waals surface area contributed by atoms with Crippen LogP contribution in [0.2, 0.25) is 0 Å². The van der Waals surface area contributed by atoms with E-state index >= 15 is 0 Å². The van der Waals surface area contributed by atoms with Crippen molar-refractivity contribution in [1.82, 2.24) is 5.32 Å². The third-order valence-corrected chi connectivity index (χ3v) is 3.11. The molecule has 0 heterocycles. The Hall–Kier alpha value is -1.87. The van der Waals surface area contributed by atoms with Gasteiger partial charge in [-0.3, -0.25) is 0 Å². The molecule has 0 aliphatic heterocycles. The first kappa shape index (κ1) is 15.5. The van der Waals surface area contributed by atoms with E-state index in [1.165, 1.54) is 17.7 Å². The second-order valence-corrected chi connectivity index (χ2v) is 5.59. The van der Waals surface area contributed by atoms with Crippen LogP contribution in [0.25, 0.3) is 0 Å². The van der Waals surface area contributed by atoms with Crippen molar-refractivity contribution in [2.45, 2.75) is 27.0 Å². The largest absolute Gasteiger partial charge is 0.489 e. The molecular weight excluding hydrogens is 265 g/mol. The highest BCUT2D eigenvalue weighted by Crippen LogP contribution is 2.14. The van der Waals surface area contributed by atoms with Crippen LogP contribution in [0.4, 0.5) is 4.39 Å². The zero-order valence-corrected chi connectivity index (χ0v) is 12.6. The van der Waals surface area contributed by atoms with Crippen molar-refractivity contribution in [3.05, 3.63) is 65.5 Å². The Labute approximate surface area is 126 Å². The van der Waals surface area contributed by atoms with E-state index in [2.05, 4.69) is 31.3 Å². The van der Waals surface area contributed by atoms with Gasteiger partial charge in [0.05, 0.1) is 0 Å². The Morgan fingerprint density at radius 1 is 1.05 bits per heavy atom. The average Bonchev–Trinajstić information content (AvgIpc) is 2.46. The summed E-state index contributed by atoms with van der Waals surface area (Å²) in [7, 11) is 0. The van der Waals surface area contributed by atoms with Gasteiger partial charge < -0.3 is 10.1 Å². The predicted octanol–water partition coefficient (Wildman–Crippen LogP) is 4.15. The Morgan fingerprint density at radius 2 is 1.76 bits per heavy atom. The lowest BCUT2D eigenvalue weighted by Gasteiger charge is -2.09. The smallest absolute Gasteiger partial charge is 0.126 e. The summed E-state index contributed by atoms with van der Waals surface area (Å²) in [5.74, 6) is 0.931. The van der Waals surface area contributed by atoms with Crippen molar-refractivity contribution in [3.8, 4) is 5.75 Å². The minimum Gasteiger partial charge on any atom is -0.489 e. The highest BCUT2D eigenvalue weighted by atomic mass is 19.1. The minimum absolute atomic E-state index is 0.279. The monoisotopic (exact) mass is 287 g/mol. The van der Waals surface area contributed by atoms with Crippen LogP contribution in [0.15, 0.2) is 48.5 Å². The third-order valence-electron chi connectivity index (χ3n) is 3.11. The van der Waals surface area contributed by atoms with Gasteiger partial charge in [-0.15, -0.1) is 0 Å². The van der Waals surface area contributed by atoms with Gasteiger partial charge in [0.1, 0.15) is 18.2 Å². The Balaban J connectivity index is 1.82. The quantitative estimate of drug-likeness (QED) is 0.826. The number of ether oxygens (including phenoxy) is 1. The summed E-state index contributed by atoms with van der Waals surface area (Å²) < 4.78 is 18.6. The lowest BCUT2D eigenvalue weighted by molar-refractivity contribution is 0.304. The summed E-state index contributed by atoms with van der Waals surface area (Å²) in [6.07, 6.45) is 0. The van der Waals surface area contributed by atoms with Gasteiger partial charge in [-0.2, -0.15) is 0 Å². The number of hydrogen-bond acceptors (Lipinski definition) is 2. The van der Waals surface area contributed by atoms with Crippen LogP contribution in [0.1, 0.15) is 25.0 Å². The van der Waals surface area contributed by atoms with Gasteiger partial charge in [-0.1, -0.05) is 44.2 Å². The van der Waals surface area contributed by atoms with Crippen molar-refractivity contribution < 1.29 is 9.13 Å². The summed E-state index contributed by atoms with van der Waals surface area (Å²) in [4.78, 5) is 0. The topological polar surface area (TPSA) is 21.3 Å². The fraction of sp³-hybridized carbons (Fsp3) is 0.333. The van der Waals surface area contributed by atoms with E-state index in [9.17, 15) is 4.39 Å². The van der Waals surface area contributed by atoms with Gasteiger partial charge in [0.25, 0.3) is 0 Å². The second-order valence-electron chi connectivity index (χ2n) is 5.59. The molecule has 0 amide bonds. The van der Waals surface area contributed by atoms with Crippen LogP contribution in [0.5, 0.6) is 5.75 Å². The predicted molar refractivity (Wildman–Crippen MR) is 83.7 cm³/mol. The first-order chi connectivity index (χ1) is 10.1. The first-order valence-electron chi connectivity index (χ1n) is 7.30. The molecule has 3 heteroatoms. The normalized spacial score (nSPS) is 10.9. The number of hydrogen-bond donors (Lipinski definition) is 1. The molecule has 0 atom stereocenters. The molecule has 0 bridgehead atoms. The van der Waals surface area contributed by atoms with E-state index in [0.717, 1.165) is 18.7 Å². The molecular formula is C18H22FNO. The molecule has 0 saturated carbocycles. The minimum atomic E-state index is -0.279. The Morgan fingerprint density at radius 3 is 2.43 bits per heavy atom. The van der Waals surface area contributed by atoms with E-state index in [4.69, 9.17) is 4.74 Å². The zero-order valence-electron chi connectivity index (χ0n) is 12.6. The van der Waals surface area contributed by atoms with Crippen molar-refractivity contribution in [2.24, 2.45) is 5.92 Å². The molecule has 0 radical (unpaired) electrons. The lowest BCUT2D eigenvalue weighted by atomic mass is 10.1. The van der Waals surface area contributed by atoms with E-state index in [0.29, 0.717) is 18.3 Å². The summed E-state index contributed by atoms with van der Waals surface area (Å²) in [6, 6.07) is 14.5. The average molecular weight is 287 g/mol. The number of nitrogens with one attached hydrogen (secondary N) is 1. The molecule has 0 unspecified atom stereocenters. The van der Waals surface area contributed by atoms with E-state index in [1.54, 1.807) is 12.1 Å². The highest BCUT2D eigenvalue weighted by Gasteiger charge is 1.99. The molecule has 0 aliphatic carbocycles. The van der Waals surface area contributed by atoms with Crippen LogP contribution in [-0.2, 0) is 13.2 Å². The summed E-state index contributed by atoms with van der Waals surface area (Å²) in [5, 5.41) is 3.41. The molecule has 2 aromatic carbocycles. The van der Waals surface area contributed by atoms with Crippen LogP contribution < -0.4 is 10.1 Å². The molecule has 2 nitrogen and oxygen atoms in total. The maximum Gasteiger partial charge on any atom is 0.126 e. The number of rotatable bonds is 7. The Kier molecular flexibility index (Phi) is 5.76. The summed E-state index contributed by atoms with van der Waals surface area (Å²) in [6.45, 7) is 6.73. The van der Waals surface area contributed by atoms with Crippen molar-refractivity contribution in [1.29, 1.82) is 0 Å². The van der Waals surface area contributed by atoms with E-state index in [1.807, 2.05) is 12.1 Å². The highest BCUT2D eigenvalue weighted by molar-refractivity contribution is 5.25. The van der Waals surface area contributed by atoms with Gasteiger partial charge in [0, 0.05) is 12.6 Å². The molecule has 0 aliphatic rings. The lowest BCUT2D eigenvalue weighted by Crippen LogP contribution is -2.18. The van der Waals surface area contributed by atoms with Gasteiger partial charge >= 0.3 is 0 Å². The molecule has 21 heavy (non-hydrogen) atoms. The fourth-order valence-electron chi connectivity index (χ4n) is 1.98. The standard InChI is InChI=1S/C18H22FNO/c1-14(2)11-20-12-15-6-8-16(9-7-15)13-21-18-5-3-4-17(19)10-18/h3-10,14,20H,11-13H2,1-2H3. The van der Waals surface area contributed by atoms with Crippen molar-refractivity contribution in [3.63, 3.8) is 0 Å². The number of benzene rings is 2. The van der Waals surface area contributed by atoms with Gasteiger partial charge in [0.2, 0.25) is 0 Å². The van der Waals surface area contributed by atoms with E-state index in [-0.39, 0.29) is 5.82 Å². The fourth-order valence-corrected chi connectivity index (χ4v) is 1.98. The van der Waals surface area contributed by atoms with Crippen LogP contribution >= 0.6 is 0 Å².